The van der Waals surface area contributed by atoms with Gasteiger partial charge in [0.1, 0.15) is 5.60 Å². The van der Waals surface area contributed by atoms with Crippen LogP contribution in [0.5, 0.6) is 34.5 Å². The quantitative estimate of drug-likeness (QED) is 0.437. The Morgan fingerprint density at radius 2 is 1.70 bits per heavy atom. The summed E-state index contributed by atoms with van der Waals surface area (Å²) in [6, 6.07) is 3.60. The summed E-state index contributed by atoms with van der Waals surface area (Å²) in [5, 5.41) is 12.0. The molecule has 1 aliphatic carbocycles. The highest BCUT2D eigenvalue weighted by Gasteiger charge is 2.47. The standard InChI is InChI=1S/C28H34O9/c1-9-14(2)27(29)37-26-17-12-19-23(36-13-35-19)25(34-8)21(17)20-16(10-15(3)28(26,4)30)11-18(31-5)22(32-6)24(20)33-7/h9,11-12,15,26,30H,10,13H2,1-8H3/b14-9-/t15-,26?,28+/m0/s1. The number of ether oxygens (including phenoxy) is 7. The average Bonchev–Trinajstić information content (AvgIpc) is 3.36. The second-order valence-corrected chi connectivity index (χ2v) is 9.38. The van der Waals surface area contributed by atoms with Gasteiger partial charge in [0.15, 0.2) is 29.1 Å². The first-order valence-electron chi connectivity index (χ1n) is 12.0. The third kappa shape index (κ3) is 4.21. The topological polar surface area (TPSA) is 102 Å². The minimum absolute atomic E-state index is 0.000553. The van der Waals surface area contributed by atoms with Crippen molar-refractivity contribution in [3.05, 3.63) is 34.9 Å². The predicted octanol–water partition coefficient (Wildman–Crippen LogP) is 4.61. The van der Waals surface area contributed by atoms with Crippen LogP contribution in [0.1, 0.15) is 44.9 Å². The van der Waals surface area contributed by atoms with E-state index in [9.17, 15) is 9.90 Å². The molecule has 1 heterocycles. The molecule has 0 spiro atoms. The molecule has 1 N–H and O–H groups in total. The van der Waals surface area contributed by atoms with Gasteiger partial charge in [0, 0.05) is 22.3 Å². The summed E-state index contributed by atoms with van der Waals surface area (Å²) in [6.45, 7) is 7.00. The molecule has 0 aromatic heterocycles. The van der Waals surface area contributed by atoms with Crippen LogP contribution in [-0.4, -0.2) is 51.9 Å². The molecule has 2 aromatic rings. The molecular weight excluding hydrogens is 480 g/mol. The first-order chi connectivity index (χ1) is 17.6. The van der Waals surface area contributed by atoms with Gasteiger partial charge in [0.25, 0.3) is 0 Å². The van der Waals surface area contributed by atoms with E-state index < -0.39 is 17.7 Å². The number of hydrogen-bond donors (Lipinski definition) is 1. The molecule has 2 aromatic carbocycles. The lowest BCUT2D eigenvalue weighted by molar-refractivity contribution is -0.166. The van der Waals surface area contributed by atoms with E-state index in [0.29, 0.717) is 63.2 Å². The normalized spacial score (nSPS) is 22.2. The van der Waals surface area contributed by atoms with E-state index in [1.54, 1.807) is 47.1 Å². The molecule has 0 amide bonds. The first kappa shape index (κ1) is 26.5. The molecule has 0 saturated heterocycles. The lowest BCUT2D eigenvalue weighted by Gasteiger charge is -2.41. The summed E-state index contributed by atoms with van der Waals surface area (Å²) in [4.78, 5) is 13.0. The van der Waals surface area contributed by atoms with Gasteiger partial charge >= 0.3 is 5.97 Å². The van der Waals surface area contributed by atoms with Gasteiger partial charge in [-0.1, -0.05) is 13.0 Å². The molecule has 0 fully saturated rings. The Labute approximate surface area is 216 Å². The van der Waals surface area contributed by atoms with E-state index >= 15 is 0 Å². The van der Waals surface area contributed by atoms with Gasteiger partial charge in [-0.2, -0.15) is 0 Å². The minimum atomic E-state index is -1.48. The van der Waals surface area contributed by atoms with Gasteiger partial charge in [-0.15, -0.1) is 0 Å². The van der Waals surface area contributed by atoms with Gasteiger partial charge < -0.3 is 38.3 Å². The van der Waals surface area contributed by atoms with Crippen LogP contribution in [0.25, 0.3) is 11.1 Å². The van der Waals surface area contributed by atoms with Crippen molar-refractivity contribution < 1.29 is 43.1 Å². The highest BCUT2D eigenvalue weighted by atomic mass is 16.7. The fraction of sp³-hybridized carbons (Fsp3) is 0.464. The summed E-state index contributed by atoms with van der Waals surface area (Å²) in [5.41, 5.74) is 1.47. The number of carbonyl (C=O) groups excluding carboxylic acids is 1. The van der Waals surface area contributed by atoms with Crippen molar-refractivity contribution >= 4 is 5.97 Å². The monoisotopic (exact) mass is 514 g/mol. The Balaban J connectivity index is 2.16. The smallest absolute Gasteiger partial charge is 0.334 e. The number of allylic oxidation sites excluding steroid dienone is 1. The summed E-state index contributed by atoms with van der Waals surface area (Å²) in [6.07, 6.45) is 1.00. The second-order valence-electron chi connectivity index (χ2n) is 9.38. The van der Waals surface area contributed by atoms with Gasteiger partial charge in [-0.25, -0.2) is 4.79 Å². The zero-order valence-corrected chi connectivity index (χ0v) is 22.5. The van der Waals surface area contributed by atoms with E-state index in [2.05, 4.69) is 0 Å². The van der Waals surface area contributed by atoms with Gasteiger partial charge in [0.2, 0.25) is 18.3 Å². The van der Waals surface area contributed by atoms with Gasteiger partial charge in [0.05, 0.1) is 28.4 Å². The SMILES string of the molecule is C/C=C(/C)C(=O)OC1c2cc3c(c(OC)c2-c2c(cc(OC)c(OC)c2OC)C[C@H](C)[C@@]1(C)O)OCO3. The number of methoxy groups -OCH3 is 4. The third-order valence-electron chi connectivity index (χ3n) is 7.33. The van der Waals surface area contributed by atoms with Crippen molar-refractivity contribution in [3.8, 4) is 45.6 Å². The molecule has 0 bridgehead atoms. The molecule has 4 rings (SSSR count). The molecule has 0 saturated carbocycles. The predicted molar refractivity (Wildman–Crippen MR) is 136 cm³/mol. The van der Waals surface area contributed by atoms with Crippen LogP contribution >= 0.6 is 0 Å². The Morgan fingerprint density at radius 1 is 1.03 bits per heavy atom. The highest BCUT2D eigenvalue weighted by Crippen LogP contribution is 2.59. The molecular formula is C28H34O9. The van der Waals surface area contributed by atoms with Crippen LogP contribution in [0.15, 0.2) is 23.8 Å². The maximum absolute atomic E-state index is 13.0. The number of benzene rings is 2. The number of rotatable bonds is 6. The van der Waals surface area contributed by atoms with Crippen molar-refractivity contribution in [2.45, 2.75) is 45.8 Å². The largest absolute Gasteiger partial charge is 0.493 e. The number of fused-ring (bicyclic) bond motifs is 4. The van der Waals surface area contributed by atoms with E-state index in [1.165, 1.54) is 14.2 Å². The van der Waals surface area contributed by atoms with Crippen molar-refractivity contribution in [1.82, 2.24) is 0 Å². The molecule has 1 aliphatic heterocycles. The highest BCUT2D eigenvalue weighted by molar-refractivity contribution is 5.91. The zero-order chi connectivity index (χ0) is 27.1. The zero-order valence-electron chi connectivity index (χ0n) is 22.5. The van der Waals surface area contributed by atoms with E-state index in [0.717, 1.165) is 5.56 Å². The van der Waals surface area contributed by atoms with Crippen LogP contribution in [0.4, 0.5) is 0 Å². The second kappa shape index (κ2) is 10.0. The lowest BCUT2D eigenvalue weighted by Crippen LogP contribution is -2.44. The van der Waals surface area contributed by atoms with Crippen LogP contribution in [0.2, 0.25) is 0 Å². The number of carbonyl (C=O) groups is 1. The number of hydrogen-bond acceptors (Lipinski definition) is 9. The number of esters is 1. The molecule has 9 nitrogen and oxygen atoms in total. The van der Waals surface area contributed by atoms with Gasteiger partial charge in [-0.3, -0.25) is 0 Å². The maximum Gasteiger partial charge on any atom is 0.334 e. The van der Waals surface area contributed by atoms with Crippen molar-refractivity contribution in [2.75, 3.05) is 35.2 Å². The summed E-state index contributed by atoms with van der Waals surface area (Å²) in [5.74, 6) is 1.59. The fourth-order valence-corrected chi connectivity index (χ4v) is 4.94. The van der Waals surface area contributed by atoms with E-state index in [-0.39, 0.29) is 12.7 Å². The Kier molecular flexibility index (Phi) is 7.19. The lowest BCUT2D eigenvalue weighted by atomic mass is 9.73. The Bertz CT molecular complexity index is 1250. The molecule has 1 unspecified atom stereocenters. The van der Waals surface area contributed by atoms with Crippen LogP contribution < -0.4 is 28.4 Å². The maximum atomic E-state index is 13.0. The minimum Gasteiger partial charge on any atom is -0.493 e. The molecule has 37 heavy (non-hydrogen) atoms. The fourth-order valence-electron chi connectivity index (χ4n) is 4.94. The van der Waals surface area contributed by atoms with Crippen molar-refractivity contribution in [2.24, 2.45) is 5.92 Å². The number of aliphatic hydroxyl groups is 1. The van der Waals surface area contributed by atoms with E-state index in [4.69, 9.17) is 33.2 Å². The van der Waals surface area contributed by atoms with Crippen molar-refractivity contribution in [1.29, 1.82) is 0 Å². The summed E-state index contributed by atoms with van der Waals surface area (Å²) >= 11 is 0. The van der Waals surface area contributed by atoms with Crippen LogP contribution in [0.3, 0.4) is 0 Å². The Hall–Kier alpha value is -3.59. The summed E-state index contributed by atoms with van der Waals surface area (Å²) in [7, 11) is 6.15. The third-order valence-corrected chi connectivity index (χ3v) is 7.33. The van der Waals surface area contributed by atoms with Crippen LogP contribution in [-0.2, 0) is 16.0 Å². The van der Waals surface area contributed by atoms with Crippen molar-refractivity contribution in [3.63, 3.8) is 0 Å². The van der Waals surface area contributed by atoms with E-state index in [1.807, 2.05) is 13.0 Å². The Morgan fingerprint density at radius 3 is 2.30 bits per heavy atom. The summed E-state index contributed by atoms with van der Waals surface area (Å²) < 4.78 is 40.6. The van der Waals surface area contributed by atoms with Crippen LogP contribution in [0, 0.1) is 5.92 Å². The molecule has 200 valence electrons. The molecule has 0 radical (unpaired) electrons. The van der Waals surface area contributed by atoms with Gasteiger partial charge in [-0.05, 0) is 50.8 Å². The molecule has 3 atom stereocenters. The average molecular weight is 515 g/mol. The first-order valence-corrected chi connectivity index (χ1v) is 12.0. The molecule has 9 heteroatoms. The molecule has 2 aliphatic rings.